The van der Waals surface area contributed by atoms with Crippen LogP contribution in [-0.2, 0) is 0 Å². The SMILES string of the molecule is CC.CC1CCC(C2CCC(C3CC(F)C(F)C(P)C3)=C(P)C2)CC1. The van der Waals surface area contributed by atoms with Gasteiger partial charge in [-0.1, -0.05) is 44.5 Å². The minimum absolute atomic E-state index is 0.216. The van der Waals surface area contributed by atoms with Gasteiger partial charge in [-0.2, -0.15) is 0 Å². The molecule has 0 heterocycles. The molecule has 0 bridgehead atoms. The first-order valence-electron chi connectivity index (χ1n) is 10.5. The molecular weight excluding hydrogens is 352 g/mol. The van der Waals surface area contributed by atoms with Gasteiger partial charge >= 0.3 is 0 Å². The van der Waals surface area contributed by atoms with Crippen LogP contribution in [0.1, 0.15) is 78.6 Å². The summed E-state index contributed by atoms with van der Waals surface area (Å²) < 4.78 is 27.7. The quantitative estimate of drug-likeness (QED) is 0.441. The van der Waals surface area contributed by atoms with Crippen molar-refractivity contribution in [3.05, 3.63) is 10.9 Å². The highest BCUT2D eigenvalue weighted by atomic mass is 31.0. The van der Waals surface area contributed by atoms with Gasteiger partial charge in [0.25, 0.3) is 0 Å². The molecule has 4 heteroatoms. The highest BCUT2D eigenvalue weighted by Gasteiger charge is 2.39. The Morgan fingerprint density at radius 1 is 0.920 bits per heavy atom. The van der Waals surface area contributed by atoms with Crippen LogP contribution in [0.4, 0.5) is 8.78 Å². The van der Waals surface area contributed by atoms with Crippen LogP contribution in [0.5, 0.6) is 0 Å². The standard InChI is InChI=1S/C19H32F2P2.C2H6/c1-11-2-4-12(5-3-11)13-6-7-15(17(22)9-13)14-8-16(20)19(21)18(23)10-14;1-2/h11-14,16,18-19H,2-10,22-23H2,1H3;1-2H3. The molecule has 3 aliphatic rings. The van der Waals surface area contributed by atoms with Crippen molar-refractivity contribution < 1.29 is 8.78 Å². The summed E-state index contributed by atoms with van der Waals surface area (Å²) in [7, 11) is 5.49. The van der Waals surface area contributed by atoms with E-state index in [1.54, 1.807) is 0 Å². The molecule has 0 aliphatic heterocycles. The van der Waals surface area contributed by atoms with Crippen LogP contribution in [-0.4, -0.2) is 18.0 Å². The van der Waals surface area contributed by atoms with Crippen molar-refractivity contribution in [2.45, 2.75) is 96.6 Å². The third kappa shape index (κ3) is 5.48. The topological polar surface area (TPSA) is 0 Å². The van der Waals surface area contributed by atoms with Crippen LogP contribution < -0.4 is 0 Å². The maximum atomic E-state index is 13.9. The van der Waals surface area contributed by atoms with Crippen LogP contribution in [0.15, 0.2) is 10.9 Å². The molecule has 0 aromatic heterocycles. The number of hydrogen-bond acceptors (Lipinski definition) is 0. The van der Waals surface area contributed by atoms with E-state index in [0.29, 0.717) is 6.42 Å². The van der Waals surface area contributed by atoms with Crippen LogP contribution in [0.2, 0.25) is 0 Å². The lowest BCUT2D eigenvalue weighted by Crippen LogP contribution is -2.37. The van der Waals surface area contributed by atoms with E-state index in [4.69, 9.17) is 0 Å². The largest absolute Gasteiger partial charge is 0.244 e. The number of allylic oxidation sites excluding steroid dienone is 2. The molecule has 146 valence electrons. The Labute approximate surface area is 158 Å². The molecule has 0 radical (unpaired) electrons. The molecule has 7 unspecified atom stereocenters. The van der Waals surface area contributed by atoms with Crippen LogP contribution in [0.25, 0.3) is 0 Å². The van der Waals surface area contributed by atoms with E-state index in [9.17, 15) is 8.78 Å². The molecule has 3 rings (SSSR count). The Bertz CT molecular complexity index is 431. The van der Waals surface area contributed by atoms with Crippen molar-refractivity contribution in [3.8, 4) is 0 Å². The van der Waals surface area contributed by atoms with Gasteiger partial charge in [0.15, 0.2) is 0 Å². The zero-order valence-corrected chi connectivity index (χ0v) is 18.6. The molecule has 0 spiro atoms. The predicted octanol–water partition coefficient (Wildman–Crippen LogP) is 7.10. The Morgan fingerprint density at radius 2 is 1.56 bits per heavy atom. The Kier molecular flexibility index (Phi) is 8.81. The third-order valence-corrected chi connectivity index (χ3v) is 7.97. The molecular formula is C21H38F2P2. The second kappa shape index (κ2) is 10.1. The second-order valence-corrected chi connectivity index (χ2v) is 9.92. The van der Waals surface area contributed by atoms with Crippen molar-refractivity contribution >= 4 is 18.5 Å². The lowest BCUT2D eigenvalue weighted by molar-refractivity contribution is 0.102. The first kappa shape index (κ1) is 21.8. The van der Waals surface area contributed by atoms with Gasteiger partial charge in [0.1, 0.15) is 12.3 Å². The first-order chi connectivity index (χ1) is 12.0. The van der Waals surface area contributed by atoms with Crippen molar-refractivity contribution in [1.29, 1.82) is 0 Å². The maximum absolute atomic E-state index is 13.9. The van der Waals surface area contributed by atoms with E-state index >= 15 is 0 Å². The fourth-order valence-electron chi connectivity index (χ4n) is 5.15. The number of rotatable bonds is 2. The van der Waals surface area contributed by atoms with Crippen molar-refractivity contribution in [2.24, 2.45) is 23.7 Å². The molecule has 2 saturated carbocycles. The van der Waals surface area contributed by atoms with Gasteiger partial charge in [-0.3, -0.25) is 0 Å². The lowest BCUT2D eigenvalue weighted by atomic mass is 9.69. The summed E-state index contributed by atoms with van der Waals surface area (Å²) in [6.45, 7) is 6.38. The van der Waals surface area contributed by atoms with E-state index in [1.165, 1.54) is 49.4 Å². The smallest absolute Gasteiger partial charge is 0.137 e. The van der Waals surface area contributed by atoms with E-state index in [-0.39, 0.29) is 11.6 Å². The molecule has 0 N–H and O–H groups in total. The number of hydrogen-bond donors (Lipinski definition) is 0. The monoisotopic (exact) mass is 390 g/mol. The van der Waals surface area contributed by atoms with Gasteiger partial charge in [-0.15, -0.1) is 18.5 Å². The average molecular weight is 390 g/mol. The van der Waals surface area contributed by atoms with Crippen LogP contribution in [0.3, 0.4) is 0 Å². The lowest BCUT2D eigenvalue weighted by Gasteiger charge is -2.40. The Hall–Kier alpha value is 0.460. The van der Waals surface area contributed by atoms with Crippen molar-refractivity contribution in [1.82, 2.24) is 0 Å². The van der Waals surface area contributed by atoms with Gasteiger partial charge < -0.3 is 0 Å². The van der Waals surface area contributed by atoms with Gasteiger partial charge in [0, 0.05) is 5.66 Å². The summed E-state index contributed by atoms with van der Waals surface area (Å²) in [5, 5.41) is 1.42. The van der Waals surface area contributed by atoms with Crippen LogP contribution in [0, 0.1) is 23.7 Å². The molecule has 2 fully saturated rings. The van der Waals surface area contributed by atoms with Gasteiger partial charge in [-0.05, 0) is 68.6 Å². The molecule has 0 aromatic carbocycles. The van der Waals surface area contributed by atoms with E-state index in [2.05, 4.69) is 25.4 Å². The zero-order valence-electron chi connectivity index (χ0n) is 16.3. The molecule has 0 aromatic rings. The summed E-state index contributed by atoms with van der Waals surface area (Å²) in [4.78, 5) is 0. The highest BCUT2D eigenvalue weighted by molar-refractivity contribution is 7.22. The van der Waals surface area contributed by atoms with E-state index < -0.39 is 12.3 Å². The fourth-order valence-corrected chi connectivity index (χ4v) is 6.40. The summed E-state index contributed by atoms with van der Waals surface area (Å²) >= 11 is 0. The molecule has 3 aliphatic carbocycles. The van der Waals surface area contributed by atoms with E-state index in [1.807, 2.05) is 13.8 Å². The Morgan fingerprint density at radius 3 is 2.12 bits per heavy atom. The summed E-state index contributed by atoms with van der Waals surface area (Å²) in [5.41, 5.74) is 1.23. The predicted molar refractivity (Wildman–Crippen MR) is 113 cm³/mol. The van der Waals surface area contributed by atoms with Crippen molar-refractivity contribution in [3.63, 3.8) is 0 Å². The number of halogens is 2. The zero-order chi connectivity index (χ0) is 18.6. The van der Waals surface area contributed by atoms with Gasteiger partial charge in [0.2, 0.25) is 0 Å². The van der Waals surface area contributed by atoms with Gasteiger partial charge in [-0.25, -0.2) is 8.78 Å². The molecule has 0 saturated heterocycles. The highest BCUT2D eigenvalue weighted by Crippen LogP contribution is 2.47. The average Bonchev–Trinajstić information content (AvgIpc) is 2.61. The summed E-state index contributed by atoms with van der Waals surface area (Å²) in [5.74, 6) is 2.89. The summed E-state index contributed by atoms with van der Waals surface area (Å²) in [6, 6.07) is 0. The van der Waals surface area contributed by atoms with Crippen LogP contribution >= 0.6 is 18.5 Å². The fraction of sp³-hybridized carbons (Fsp3) is 0.905. The third-order valence-electron chi connectivity index (χ3n) is 6.72. The molecule has 0 amide bonds. The minimum Gasteiger partial charge on any atom is -0.244 e. The maximum Gasteiger partial charge on any atom is 0.137 e. The summed E-state index contributed by atoms with van der Waals surface area (Å²) in [6.07, 6.45) is 7.75. The first-order valence-corrected chi connectivity index (χ1v) is 11.7. The number of alkyl halides is 2. The normalized spacial score (nSPS) is 42.6. The van der Waals surface area contributed by atoms with E-state index in [0.717, 1.165) is 30.6 Å². The molecule has 25 heavy (non-hydrogen) atoms. The van der Waals surface area contributed by atoms with Gasteiger partial charge in [0.05, 0.1) is 0 Å². The van der Waals surface area contributed by atoms with Crippen molar-refractivity contribution in [2.75, 3.05) is 0 Å². The molecule has 0 nitrogen and oxygen atoms in total. The minimum atomic E-state index is -1.29. The second-order valence-electron chi connectivity index (χ2n) is 8.37. The Balaban J connectivity index is 0.00000109. The molecule has 7 atom stereocenters.